The van der Waals surface area contributed by atoms with E-state index in [9.17, 15) is 10.0 Å². The highest BCUT2D eigenvalue weighted by molar-refractivity contribution is 8.00. The van der Waals surface area contributed by atoms with Crippen molar-refractivity contribution >= 4 is 35.0 Å². The highest BCUT2D eigenvalue weighted by Gasteiger charge is 2.19. The monoisotopic (exact) mass is 322 g/mol. The van der Waals surface area contributed by atoms with Crippen molar-refractivity contribution in [1.29, 1.82) is 0 Å². The first kappa shape index (κ1) is 15.7. The van der Waals surface area contributed by atoms with Gasteiger partial charge in [-0.3, -0.25) is 4.79 Å². The Kier molecular flexibility index (Phi) is 5.09. The molecule has 1 aromatic heterocycles. The van der Waals surface area contributed by atoms with Gasteiger partial charge in [-0.2, -0.15) is 4.73 Å². The number of aromatic nitrogens is 1. The third-order valence-electron chi connectivity index (χ3n) is 2.91. The second-order valence-electron chi connectivity index (χ2n) is 4.57. The molecule has 1 atom stereocenters. The number of anilines is 1. The molecule has 1 N–H and O–H groups in total. The van der Waals surface area contributed by atoms with E-state index in [1.165, 1.54) is 18.0 Å². The van der Waals surface area contributed by atoms with E-state index < -0.39 is 5.25 Å². The topological polar surface area (TPSA) is 56.0 Å². The van der Waals surface area contributed by atoms with Crippen LogP contribution in [0.3, 0.4) is 0 Å². The maximum atomic E-state index is 12.2. The summed E-state index contributed by atoms with van der Waals surface area (Å²) in [7, 11) is 0. The SMILES string of the molecule is Cc1ccc(Cl)cc1NC(=O)C(C)Sc1cccc[n+]1[O-]. The van der Waals surface area contributed by atoms with Gasteiger partial charge in [-0.05, 0) is 49.4 Å². The van der Waals surface area contributed by atoms with Crippen molar-refractivity contribution in [3.63, 3.8) is 0 Å². The number of carbonyl (C=O) groups excluding carboxylic acids is 1. The van der Waals surface area contributed by atoms with Gasteiger partial charge in [-0.15, -0.1) is 0 Å². The van der Waals surface area contributed by atoms with Crippen LogP contribution in [0.1, 0.15) is 12.5 Å². The van der Waals surface area contributed by atoms with Gasteiger partial charge in [0.25, 0.3) is 5.03 Å². The molecule has 110 valence electrons. The number of pyridine rings is 1. The lowest BCUT2D eigenvalue weighted by Crippen LogP contribution is -2.30. The number of carbonyl (C=O) groups is 1. The Labute approximate surface area is 132 Å². The fourth-order valence-electron chi connectivity index (χ4n) is 1.70. The quantitative estimate of drug-likeness (QED) is 0.533. The predicted molar refractivity (Wildman–Crippen MR) is 85.5 cm³/mol. The van der Waals surface area contributed by atoms with Gasteiger partial charge < -0.3 is 10.5 Å². The molecular weight excluding hydrogens is 308 g/mol. The number of hydrogen-bond acceptors (Lipinski definition) is 3. The van der Waals surface area contributed by atoms with Crippen LogP contribution in [-0.4, -0.2) is 11.2 Å². The van der Waals surface area contributed by atoms with Crippen LogP contribution >= 0.6 is 23.4 Å². The molecule has 0 aliphatic rings. The largest absolute Gasteiger partial charge is 0.618 e. The fourth-order valence-corrected chi connectivity index (χ4v) is 2.72. The highest BCUT2D eigenvalue weighted by atomic mass is 35.5. The van der Waals surface area contributed by atoms with E-state index in [0.717, 1.165) is 10.3 Å². The summed E-state index contributed by atoms with van der Waals surface area (Å²) in [5.74, 6) is -0.172. The molecule has 0 radical (unpaired) electrons. The highest BCUT2D eigenvalue weighted by Crippen LogP contribution is 2.24. The summed E-state index contributed by atoms with van der Waals surface area (Å²) < 4.78 is 0.749. The Morgan fingerprint density at radius 3 is 2.86 bits per heavy atom. The Morgan fingerprint density at radius 1 is 1.38 bits per heavy atom. The Hall–Kier alpha value is -1.72. The number of hydrogen-bond donors (Lipinski definition) is 1. The molecule has 0 aliphatic heterocycles. The van der Waals surface area contributed by atoms with E-state index in [-0.39, 0.29) is 5.91 Å². The molecule has 1 unspecified atom stereocenters. The van der Waals surface area contributed by atoms with Crippen LogP contribution in [0.4, 0.5) is 5.69 Å². The molecule has 4 nitrogen and oxygen atoms in total. The van der Waals surface area contributed by atoms with Crippen LogP contribution in [0, 0.1) is 12.1 Å². The second-order valence-corrected chi connectivity index (χ2v) is 6.37. The van der Waals surface area contributed by atoms with Crippen molar-refractivity contribution in [1.82, 2.24) is 0 Å². The van der Waals surface area contributed by atoms with Crippen LogP contribution < -0.4 is 10.0 Å². The van der Waals surface area contributed by atoms with E-state index >= 15 is 0 Å². The molecule has 21 heavy (non-hydrogen) atoms. The number of nitrogens with one attached hydrogen (secondary N) is 1. The van der Waals surface area contributed by atoms with Gasteiger partial charge in [0.1, 0.15) is 0 Å². The average molecular weight is 323 g/mol. The molecule has 0 saturated carbocycles. The standard InChI is InChI=1S/C15H15ClN2O2S/c1-10-6-7-12(16)9-13(10)17-15(19)11(2)21-14-5-3-4-8-18(14)20/h3-9,11H,1-2H3,(H,17,19). The molecule has 1 heterocycles. The maximum absolute atomic E-state index is 12.2. The summed E-state index contributed by atoms with van der Waals surface area (Å²) in [5, 5.41) is 15.1. The number of aryl methyl sites for hydroxylation is 1. The molecule has 1 aromatic carbocycles. The van der Waals surface area contributed by atoms with E-state index in [1.807, 2.05) is 13.0 Å². The zero-order chi connectivity index (χ0) is 15.4. The molecule has 0 fully saturated rings. The van der Waals surface area contributed by atoms with Crippen molar-refractivity contribution < 1.29 is 9.52 Å². The first-order valence-corrected chi connectivity index (χ1v) is 7.65. The van der Waals surface area contributed by atoms with E-state index in [1.54, 1.807) is 37.3 Å². The average Bonchev–Trinajstić information content (AvgIpc) is 2.45. The molecule has 0 aliphatic carbocycles. The first-order chi connectivity index (χ1) is 9.97. The van der Waals surface area contributed by atoms with Crippen molar-refractivity contribution in [3.05, 3.63) is 58.4 Å². The molecule has 1 amide bonds. The molecule has 2 aromatic rings. The van der Waals surface area contributed by atoms with Crippen molar-refractivity contribution in [2.45, 2.75) is 24.1 Å². The molecule has 6 heteroatoms. The van der Waals surface area contributed by atoms with Gasteiger partial charge >= 0.3 is 0 Å². The normalized spacial score (nSPS) is 12.0. The Balaban J connectivity index is 2.06. The lowest BCUT2D eigenvalue weighted by Gasteiger charge is -2.13. The summed E-state index contributed by atoms with van der Waals surface area (Å²) in [6, 6.07) is 10.4. The lowest BCUT2D eigenvalue weighted by atomic mass is 10.2. The van der Waals surface area contributed by atoms with Gasteiger partial charge in [-0.25, -0.2) is 0 Å². The van der Waals surface area contributed by atoms with Crippen LogP contribution in [0.15, 0.2) is 47.6 Å². The predicted octanol–water partition coefficient (Wildman–Crippen LogP) is 3.40. The molecule has 0 bridgehead atoms. The number of nitrogens with zero attached hydrogens (tertiary/aromatic N) is 1. The second kappa shape index (κ2) is 6.83. The van der Waals surface area contributed by atoms with Gasteiger partial charge in [0, 0.05) is 22.8 Å². The van der Waals surface area contributed by atoms with Gasteiger partial charge in [0.2, 0.25) is 5.91 Å². The molecule has 2 rings (SSSR count). The zero-order valence-electron chi connectivity index (χ0n) is 11.7. The van der Waals surface area contributed by atoms with Gasteiger partial charge in [0.15, 0.2) is 6.20 Å². The van der Waals surface area contributed by atoms with Gasteiger partial charge in [-0.1, -0.05) is 17.7 Å². The van der Waals surface area contributed by atoms with E-state index in [4.69, 9.17) is 11.6 Å². The minimum Gasteiger partial charge on any atom is -0.618 e. The minimum absolute atomic E-state index is 0.172. The summed E-state index contributed by atoms with van der Waals surface area (Å²) in [6.07, 6.45) is 1.41. The number of amides is 1. The number of rotatable bonds is 4. The van der Waals surface area contributed by atoms with Crippen molar-refractivity contribution in [2.24, 2.45) is 0 Å². The summed E-state index contributed by atoms with van der Waals surface area (Å²) >= 11 is 7.14. The fraction of sp³-hybridized carbons (Fsp3) is 0.200. The van der Waals surface area contributed by atoms with Gasteiger partial charge in [0.05, 0.1) is 5.25 Å². The van der Waals surface area contributed by atoms with Crippen molar-refractivity contribution in [3.8, 4) is 0 Å². The van der Waals surface area contributed by atoms with Crippen LogP contribution in [-0.2, 0) is 4.79 Å². The molecule has 0 spiro atoms. The summed E-state index contributed by atoms with van der Waals surface area (Å²) in [6.45, 7) is 3.65. The van der Waals surface area contributed by atoms with Crippen LogP contribution in [0.25, 0.3) is 0 Å². The lowest BCUT2D eigenvalue weighted by molar-refractivity contribution is -0.645. The van der Waals surface area contributed by atoms with E-state index in [2.05, 4.69) is 5.32 Å². The van der Waals surface area contributed by atoms with Crippen LogP contribution in [0.5, 0.6) is 0 Å². The third kappa shape index (κ3) is 4.12. The van der Waals surface area contributed by atoms with Crippen LogP contribution in [0.2, 0.25) is 5.02 Å². The zero-order valence-corrected chi connectivity index (χ0v) is 13.2. The number of halogens is 1. The minimum atomic E-state index is -0.397. The molecular formula is C15H15ClN2O2S. The number of benzene rings is 1. The first-order valence-electron chi connectivity index (χ1n) is 6.39. The van der Waals surface area contributed by atoms with Crippen molar-refractivity contribution in [2.75, 3.05) is 5.32 Å². The maximum Gasteiger partial charge on any atom is 0.252 e. The third-order valence-corrected chi connectivity index (χ3v) is 4.27. The number of thioether (sulfide) groups is 1. The Bertz CT molecular complexity index is 664. The molecule has 0 saturated heterocycles. The van der Waals surface area contributed by atoms with E-state index in [0.29, 0.717) is 15.7 Å². The smallest absolute Gasteiger partial charge is 0.252 e. The Morgan fingerprint density at radius 2 is 2.14 bits per heavy atom. The summed E-state index contributed by atoms with van der Waals surface area (Å²) in [5.41, 5.74) is 1.62. The summed E-state index contributed by atoms with van der Waals surface area (Å²) in [4.78, 5) is 12.2.